The number of carbonyl (C=O) groups excluding carboxylic acids is 3. The summed E-state index contributed by atoms with van der Waals surface area (Å²) < 4.78 is 5.42. The molecule has 0 saturated carbocycles. The largest absolute Gasteiger partial charge is 0.444 e. The van der Waals surface area contributed by atoms with Gasteiger partial charge in [-0.1, -0.05) is 56.7 Å². The van der Waals surface area contributed by atoms with E-state index in [2.05, 4.69) is 16.7 Å². The van der Waals surface area contributed by atoms with Gasteiger partial charge in [0.25, 0.3) is 5.91 Å². The third kappa shape index (κ3) is 8.06. The molecule has 8 heteroatoms. The molecule has 2 rings (SSSR count). The van der Waals surface area contributed by atoms with Gasteiger partial charge in [0.2, 0.25) is 5.91 Å². The summed E-state index contributed by atoms with van der Waals surface area (Å²) in [6.45, 7) is 16.2. The number of nitrogens with zero attached hydrogens (tertiary/aromatic N) is 2. The smallest absolute Gasteiger partial charge is 0.408 e. The first-order valence-corrected chi connectivity index (χ1v) is 13.3. The number of amides is 3. The second kappa shape index (κ2) is 13.3. The van der Waals surface area contributed by atoms with E-state index < -0.39 is 35.6 Å². The van der Waals surface area contributed by atoms with Gasteiger partial charge in [-0.25, -0.2) is 4.79 Å². The highest BCUT2D eigenvalue weighted by molar-refractivity contribution is 6.00. The Labute approximate surface area is 232 Å². The van der Waals surface area contributed by atoms with Crippen LogP contribution in [0.5, 0.6) is 0 Å². The van der Waals surface area contributed by atoms with E-state index in [1.165, 1.54) is 4.90 Å². The van der Waals surface area contributed by atoms with Crippen molar-refractivity contribution in [3.63, 3.8) is 0 Å². The standard InChI is InChI=1S/C31H42N4O4/c1-10-19(2)26(34-30(38)39-31(7,8)9)29(37)35(18-17-32)27(24-20(3)13-11-14-21(24)4)28(36)33-25-22(5)15-12-16-23(25)6/h11-16,19,26-27H,10,18H2,1-9H3,(H,33,36)(H,34,38). The maximum Gasteiger partial charge on any atom is 0.408 e. The predicted octanol–water partition coefficient (Wildman–Crippen LogP) is 5.89. The number of nitrogens with one attached hydrogen (secondary N) is 2. The lowest BCUT2D eigenvalue weighted by atomic mass is 9.92. The van der Waals surface area contributed by atoms with E-state index in [-0.39, 0.29) is 12.5 Å². The van der Waals surface area contributed by atoms with Crippen molar-refractivity contribution < 1.29 is 19.1 Å². The van der Waals surface area contributed by atoms with Crippen molar-refractivity contribution in [1.29, 1.82) is 5.26 Å². The number of ether oxygens (including phenoxy) is 1. The topological polar surface area (TPSA) is 112 Å². The summed E-state index contributed by atoms with van der Waals surface area (Å²) in [7, 11) is 0. The molecule has 0 aromatic heterocycles. The summed E-state index contributed by atoms with van der Waals surface area (Å²) in [5, 5.41) is 15.5. The zero-order valence-corrected chi connectivity index (χ0v) is 24.6. The first kappa shape index (κ1) is 31.4. The number of hydrogen-bond acceptors (Lipinski definition) is 5. The molecular formula is C31H42N4O4. The monoisotopic (exact) mass is 534 g/mol. The summed E-state index contributed by atoms with van der Waals surface area (Å²) in [5.41, 5.74) is 3.93. The first-order valence-electron chi connectivity index (χ1n) is 13.3. The fourth-order valence-corrected chi connectivity index (χ4v) is 4.56. The molecule has 0 spiro atoms. The molecular weight excluding hydrogens is 492 g/mol. The Morgan fingerprint density at radius 3 is 1.95 bits per heavy atom. The lowest BCUT2D eigenvalue weighted by Crippen LogP contribution is -2.55. The molecule has 0 aliphatic rings. The number of alkyl carbamates (subject to hydrolysis) is 1. The summed E-state index contributed by atoms with van der Waals surface area (Å²) >= 11 is 0. The molecule has 8 nitrogen and oxygen atoms in total. The van der Waals surface area contributed by atoms with Crippen LogP contribution in [-0.4, -0.2) is 41.0 Å². The van der Waals surface area contributed by atoms with Crippen molar-refractivity contribution in [1.82, 2.24) is 10.2 Å². The average Bonchev–Trinajstić information content (AvgIpc) is 2.84. The van der Waals surface area contributed by atoms with Gasteiger partial charge in [0.05, 0.1) is 6.07 Å². The molecule has 3 unspecified atom stereocenters. The van der Waals surface area contributed by atoms with E-state index in [0.29, 0.717) is 17.7 Å². The number of aryl methyl sites for hydroxylation is 4. The number of hydrogen-bond donors (Lipinski definition) is 2. The van der Waals surface area contributed by atoms with E-state index >= 15 is 0 Å². The van der Waals surface area contributed by atoms with Crippen molar-refractivity contribution in [3.05, 3.63) is 64.2 Å². The lowest BCUT2D eigenvalue weighted by molar-refractivity contribution is -0.141. The molecule has 2 aromatic carbocycles. The minimum Gasteiger partial charge on any atom is -0.444 e. The summed E-state index contributed by atoms with van der Waals surface area (Å²) in [6.07, 6.45) is -0.156. The number of carbonyl (C=O) groups is 3. The van der Waals surface area contributed by atoms with Crippen LogP contribution in [0.3, 0.4) is 0 Å². The van der Waals surface area contributed by atoms with Gasteiger partial charge in [-0.15, -0.1) is 0 Å². The van der Waals surface area contributed by atoms with E-state index in [1.54, 1.807) is 20.8 Å². The fraction of sp³-hybridized carbons (Fsp3) is 0.484. The number of rotatable bonds is 9. The normalized spacial score (nSPS) is 13.4. The zero-order chi connectivity index (χ0) is 29.5. The van der Waals surface area contributed by atoms with Crippen LogP contribution in [0, 0.1) is 44.9 Å². The Balaban J connectivity index is 2.65. The van der Waals surface area contributed by atoms with Gasteiger partial charge in [-0.05, 0) is 82.2 Å². The molecule has 39 heavy (non-hydrogen) atoms. The van der Waals surface area contributed by atoms with Gasteiger partial charge in [0.15, 0.2) is 0 Å². The molecule has 0 aliphatic heterocycles. The third-order valence-electron chi connectivity index (χ3n) is 6.78. The van der Waals surface area contributed by atoms with E-state index in [9.17, 15) is 19.6 Å². The fourth-order valence-electron chi connectivity index (χ4n) is 4.56. The zero-order valence-electron chi connectivity index (χ0n) is 24.6. The molecule has 0 bridgehead atoms. The van der Waals surface area contributed by atoms with Crippen LogP contribution in [0.2, 0.25) is 0 Å². The van der Waals surface area contributed by atoms with E-state index in [1.807, 2.05) is 77.9 Å². The Morgan fingerprint density at radius 1 is 0.974 bits per heavy atom. The van der Waals surface area contributed by atoms with Gasteiger partial charge in [0.1, 0.15) is 24.2 Å². The molecule has 3 amide bonds. The van der Waals surface area contributed by atoms with Gasteiger partial charge < -0.3 is 20.3 Å². The second-order valence-electron chi connectivity index (χ2n) is 11.1. The van der Waals surface area contributed by atoms with Crippen molar-refractivity contribution in [3.8, 4) is 6.07 Å². The molecule has 0 fully saturated rings. The molecule has 2 N–H and O–H groups in total. The van der Waals surface area contributed by atoms with Crippen molar-refractivity contribution in [2.24, 2.45) is 5.92 Å². The molecule has 3 atom stereocenters. The molecule has 210 valence electrons. The molecule has 2 aromatic rings. The Morgan fingerprint density at radius 2 is 1.49 bits per heavy atom. The quantitative estimate of drug-likeness (QED) is 0.390. The molecule has 0 aliphatic carbocycles. The van der Waals surface area contributed by atoms with Gasteiger partial charge >= 0.3 is 6.09 Å². The van der Waals surface area contributed by atoms with E-state index in [0.717, 1.165) is 22.3 Å². The maximum atomic E-state index is 14.2. The number of para-hydroxylation sites is 1. The minimum absolute atomic E-state index is 0.286. The number of benzene rings is 2. The number of anilines is 1. The van der Waals surface area contributed by atoms with Gasteiger partial charge in [0, 0.05) is 5.69 Å². The van der Waals surface area contributed by atoms with Crippen molar-refractivity contribution in [2.75, 3.05) is 11.9 Å². The Bertz CT molecular complexity index is 1200. The predicted molar refractivity (Wildman–Crippen MR) is 153 cm³/mol. The van der Waals surface area contributed by atoms with Crippen LogP contribution in [0.15, 0.2) is 36.4 Å². The third-order valence-corrected chi connectivity index (χ3v) is 6.78. The van der Waals surface area contributed by atoms with E-state index in [4.69, 9.17) is 4.74 Å². The highest BCUT2D eigenvalue weighted by atomic mass is 16.6. The van der Waals surface area contributed by atoms with Crippen LogP contribution in [0.25, 0.3) is 0 Å². The highest BCUT2D eigenvalue weighted by Crippen LogP contribution is 2.31. The maximum absolute atomic E-state index is 14.2. The highest BCUT2D eigenvalue weighted by Gasteiger charge is 2.39. The Hall–Kier alpha value is -3.86. The van der Waals surface area contributed by atoms with Crippen molar-refractivity contribution >= 4 is 23.6 Å². The SMILES string of the molecule is CCC(C)C(NC(=O)OC(C)(C)C)C(=O)N(CC#N)C(C(=O)Nc1c(C)cccc1C)c1c(C)cccc1C. The van der Waals surface area contributed by atoms with Crippen LogP contribution >= 0.6 is 0 Å². The lowest BCUT2D eigenvalue weighted by Gasteiger charge is -2.35. The van der Waals surface area contributed by atoms with Gasteiger partial charge in [-0.3, -0.25) is 9.59 Å². The molecule has 0 saturated heterocycles. The molecule has 0 heterocycles. The van der Waals surface area contributed by atoms with Crippen LogP contribution in [0.4, 0.5) is 10.5 Å². The van der Waals surface area contributed by atoms with Crippen molar-refractivity contribution in [2.45, 2.75) is 86.4 Å². The minimum atomic E-state index is -1.11. The molecule has 0 radical (unpaired) electrons. The van der Waals surface area contributed by atoms with Crippen LogP contribution < -0.4 is 10.6 Å². The average molecular weight is 535 g/mol. The summed E-state index contributed by atoms with van der Waals surface area (Å²) in [6, 6.07) is 11.3. The Kier molecular flexibility index (Phi) is 10.7. The summed E-state index contributed by atoms with van der Waals surface area (Å²) in [5.74, 6) is -1.25. The van der Waals surface area contributed by atoms with Crippen LogP contribution in [0.1, 0.15) is 74.9 Å². The first-order chi connectivity index (χ1) is 18.2. The van der Waals surface area contributed by atoms with Gasteiger partial charge in [-0.2, -0.15) is 5.26 Å². The second-order valence-corrected chi connectivity index (χ2v) is 11.1. The number of nitriles is 1. The van der Waals surface area contributed by atoms with Crippen LogP contribution in [-0.2, 0) is 14.3 Å². The summed E-state index contributed by atoms with van der Waals surface area (Å²) in [4.78, 5) is 42.3.